The molecule has 0 fully saturated rings. The molecule has 2 aromatic carbocycles. The summed E-state index contributed by atoms with van der Waals surface area (Å²) in [7, 11) is 0. The highest BCUT2D eigenvalue weighted by molar-refractivity contribution is 9.10. The lowest BCUT2D eigenvalue weighted by molar-refractivity contribution is -0.385. The van der Waals surface area contributed by atoms with Crippen LogP contribution in [0.25, 0.3) is 0 Å². The molecule has 0 atom stereocenters. The number of nitro groups is 1. The van der Waals surface area contributed by atoms with Crippen molar-refractivity contribution in [3.63, 3.8) is 0 Å². The van der Waals surface area contributed by atoms with E-state index in [2.05, 4.69) is 15.9 Å². The number of carbonyl (C=O) groups is 1. The Morgan fingerprint density at radius 1 is 1.33 bits per heavy atom. The van der Waals surface area contributed by atoms with Crippen LogP contribution in [-0.2, 0) is 0 Å². The van der Waals surface area contributed by atoms with Crippen LogP contribution >= 0.6 is 27.5 Å². The minimum atomic E-state index is -1.15. The first-order valence-electron chi connectivity index (χ1n) is 5.53. The number of aromatic carboxylic acids is 1. The van der Waals surface area contributed by atoms with Crippen LogP contribution in [0.4, 0.5) is 5.69 Å². The first kappa shape index (κ1) is 15.3. The first-order chi connectivity index (χ1) is 9.90. The van der Waals surface area contributed by atoms with Gasteiger partial charge in [0.05, 0.1) is 15.5 Å². The molecule has 0 amide bonds. The summed E-state index contributed by atoms with van der Waals surface area (Å²) in [5, 5.41) is 19.7. The molecule has 0 unspecified atom stereocenters. The van der Waals surface area contributed by atoms with Gasteiger partial charge in [-0.2, -0.15) is 0 Å². The van der Waals surface area contributed by atoms with E-state index in [-0.39, 0.29) is 32.2 Å². The second-order valence-electron chi connectivity index (χ2n) is 3.90. The van der Waals surface area contributed by atoms with E-state index in [0.717, 1.165) is 0 Å². The number of benzene rings is 2. The maximum absolute atomic E-state index is 10.9. The maximum atomic E-state index is 10.9. The summed E-state index contributed by atoms with van der Waals surface area (Å²) in [6.45, 7) is 0. The Bertz CT molecular complexity index is 734. The SMILES string of the molecule is O=C(O)c1ccc(Oc2cccc([N+](=O)[O-])c2Br)cc1Cl. The fourth-order valence-corrected chi connectivity index (χ4v) is 2.32. The molecule has 108 valence electrons. The van der Waals surface area contributed by atoms with Crippen molar-refractivity contribution in [1.82, 2.24) is 0 Å². The minimum absolute atomic E-state index is 0.0153. The van der Waals surface area contributed by atoms with Crippen LogP contribution in [0.5, 0.6) is 11.5 Å². The molecule has 0 saturated heterocycles. The molecule has 2 aromatic rings. The molecule has 6 nitrogen and oxygen atoms in total. The molecule has 21 heavy (non-hydrogen) atoms. The summed E-state index contributed by atoms with van der Waals surface area (Å²) in [4.78, 5) is 21.1. The van der Waals surface area contributed by atoms with Gasteiger partial charge in [0.15, 0.2) is 0 Å². The predicted molar refractivity (Wildman–Crippen MR) is 79.3 cm³/mol. The molecule has 1 N–H and O–H groups in total. The topological polar surface area (TPSA) is 89.7 Å². The first-order valence-corrected chi connectivity index (χ1v) is 6.71. The van der Waals surface area contributed by atoms with Gasteiger partial charge < -0.3 is 9.84 Å². The van der Waals surface area contributed by atoms with Crippen molar-refractivity contribution in [2.75, 3.05) is 0 Å². The average Bonchev–Trinajstić information content (AvgIpc) is 2.40. The molecule has 8 heteroatoms. The molecular formula is C13H7BrClNO5. The van der Waals surface area contributed by atoms with Gasteiger partial charge in [0.25, 0.3) is 5.69 Å². The van der Waals surface area contributed by atoms with Crippen molar-refractivity contribution in [3.8, 4) is 11.5 Å². The van der Waals surface area contributed by atoms with E-state index < -0.39 is 10.9 Å². The molecule has 0 heterocycles. The number of nitrogens with zero attached hydrogens (tertiary/aromatic N) is 1. The lowest BCUT2D eigenvalue weighted by Crippen LogP contribution is -1.97. The third kappa shape index (κ3) is 3.32. The molecule has 0 aliphatic heterocycles. The van der Waals surface area contributed by atoms with Crippen molar-refractivity contribution >= 4 is 39.2 Å². The zero-order chi connectivity index (χ0) is 15.6. The predicted octanol–water partition coefficient (Wildman–Crippen LogP) is 4.50. The minimum Gasteiger partial charge on any atom is -0.478 e. The van der Waals surface area contributed by atoms with Gasteiger partial charge in [0, 0.05) is 12.1 Å². The van der Waals surface area contributed by atoms with Crippen molar-refractivity contribution in [2.24, 2.45) is 0 Å². The molecule has 0 aliphatic rings. The van der Waals surface area contributed by atoms with E-state index in [0.29, 0.717) is 0 Å². The third-order valence-corrected chi connectivity index (χ3v) is 3.65. The number of rotatable bonds is 4. The largest absolute Gasteiger partial charge is 0.478 e. The number of nitro benzene ring substituents is 1. The molecule has 0 aromatic heterocycles. The summed E-state index contributed by atoms with van der Waals surface area (Å²) in [6.07, 6.45) is 0. The zero-order valence-corrected chi connectivity index (χ0v) is 12.6. The van der Waals surface area contributed by atoms with Crippen molar-refractivity contribution in [3.05, 3.63) is 61.6 Å². The molecule has 0 aliphatic carbocycles. The Balaban J connectivity index is 2.35. The highest BCUT2D eigenvalue weighted by atomic mass is 79.9. The van der Waals surface area contributed by atoms with Crippen LogP contribution in [0.3, 0.4) is 0 Å². The van der Waals surface area contributed by atoms with Gasteiger partial charge in [-0.25, -0.2) is 4.79 Å². The standard InChI is InChI=1S/C13H7BrClNO5/c14-12-10(16(19)20)2-1-3-11(12)21-7-4-5-8(13(17)18)9(15)6-7/h1-6H,(H,17,18). The zero-order valence-electron chi connectivity index (χ0n) is 10.2. The molecular weight excluding hydrogens is 366 g/mol. The highest BCUT2D eigenvalue weighted by Crippen LogP contribution is 2.37. The van der Waals surface area contributed by atoms with Gasteiger partial charge in [-0.3, -0.25) is 10.1 Å². The number of carboxylic acids is 1. The fraction of sp³-hybridized carbons (Fsp3) is 0. The van der Waals surface area contributed by atoms with Crippen LogP contribution in [0.2, 0.25) is 5.02 Å². The van der Waals surface area contributed by atoms with Crippen molar-refractivity contribution < 1.29 is 19.6 Å². The van der Waals surface area contributed by atoms with Crippen molar-refractivity contribution in [1.29, 1.82) is 0 Å². The van der Waals surface area contributed by atoms with Crippen LogP contribution < -0.4 is 4.74 Å². The molecule has 0 spiro atoms. The van der Waals surface area contributed by atoms with Crippen LogP contribution in [0, 0.1) is 10.1 Å². The molecule has 0 radical (unpaired) electrons. The Labute approximate surface area is 132 Å². The second kappa shape index (κ2) is 6.11. The van der Waals surface area contributed by atoms with E-state index in [1.165, 1.54) is 36.4 Å². The van der Waals surface area contributed by atoms with Crippen LogP contribution in [0.15, 0.2) is 40.9 Å². The van der Waals surface area contributed by atoms with Gasteiger partial charge in [-0.15, -0.1) is 0 Å². The smallest absolute Gasteiger partial charge is 0.337 e. The summed E-state index contributed by atoms with van der Waals surface area (Å²) >= 11 is 8.93. The Kier molecular flexibility index (Phi) is 4.44. The van der Waals surface area contributed by atoms with Gasteiger partial charge in [0.1, 0.15) is 16.0 Å². The lowest BCUT2D eigenvalue weighted by Gasteiger charge is -2.09. The van der Waals surface area contributed by atoms with E-state index in [4.69, 9.17) is 21.4 Å². The number of ether oxygens (including phenoxy) is 1. The summed E-state index contributed by atoms with van der Waals surface area (Å²) in [6, 6.07) is 8.39. The molecule has 0 saturated carbocycles. The third-order valence-electron chi connectivity index (χ3n) is 2.54. The number of hydrogen-bond donors (Lipinski definition) is 1. The highest BCUT2D eigenvalue weighted by Gasteiger charge is 2.17. The van der Waals surface area contributed by atoms with Gasteiger partial charge >= 0.3 is 5.97 Å². The van der Waals surface area contributed by atoms with Crippen LogP contribution in [-0.4, -0.2) is 16.0 Å². The Morgan fingerprint density at radius 3 is 2.62 bits per heavy atom. The average molecular weight is 373 g/mol. The van der Waals surface area contributed by atoms with Gasteiger partial charge in [0.2, 0.25) is 0 Å². The number of halogens is 2. The van der Waals surface area contributed by atoms with E-state index >= 15 is 0 Å². The Hall–Kier alpha value is -2.12. The quantitative estimate of drug-likeness (QED) is 0.630. The summed E-state index contributed by atoms with van der Waals surface area (Å²) in [5.74, 6) is -0.655. The van der Waals surface area contributed by atoms with E-state index in [1.807, 2.05) is 0 Å². The van der Waals surface area contributed by atoms with Gasteiger partial charge in [-0.1, -0.05) is 17.7 Å². The van der Waals surface area contributed by atoms with E-state index in [1.54, 1.807) is 0 Å². The Morgan fingerprint density at radius 2 is 2.05 bits per heavy atom. The molecule has 2 rings (SSSR count). The van der Waals surface area contributed by atoms with Crippen molar-refractivity contribution in [2.45, 2.75) is 0 Å². The summed E-state index contributed by atoms with van der Waals surface area (Å²) in [5.41, 5.74) is -0.192. The normalized spacial score (nSPS) is 10.2. The van der Waals surface area contributed by atoms with E-state index in [9.17, 15) is 14.9 Å². The van der Waals surface area contributed by atoms with Gasteiger partial charge in [-0.05, 0) is 34.1 Å². The summed E-state index contributed by atoms with van der Waals surface area (Å²) < 4.78 is 5.68. The number of carboxylic acid groups (broad SMARTS) is 1. The van der Waals surface area contributed by atoms with Crippen LogP contribution in [0.1, 0.15) is 10.4 Å². The lowest BCUT2D eigenvalue weighted by atomic mass is 10.2. The monoisotopic (exact) mass is 371 g/mol. The number of hydrogen-bond acceptors (Lipinski definition) is 4. The molecule has 0 bridgehead atoms. The second-order valence-corrected chi connectivity index (χ2v) is 5.10. The fourth-order valence-electron chi connectivity index (χ4n) is 1.58. The maximum Gasteiger partial charge on any atom is 0.337 e.